The van der Waals surface area contributed by atoms with Crippen LogP contribution in [0.25, 0.3) is 0 Å². The van der Waals surface area contributed by atoms with Crippen LogP contribution in [0.1, 0.15) is 13.8 Å². The van der Waals surface area contributed by atoms with Crippen molar-refractivity contribution >= 4 is 0 Å². The van der Waals surface area contributed by atoms with Gasteiger partial charge in [0.15, 0.2) is 0 Å². The lowest BCUT2D eigenvalue weighted by Gasteiger charge is -1.85. The fourth-order valence-electron chi connectivity index (χ4n) is 0.231. The molecule has 0 heterocycles. The van der Waals surface area contributed by atoms with E-state index in [-0.39, 0.29) is 0 Å². The lowest BCUT2D eigenvalue weighted by Crippen LogP contribution is -1.83. The van der Waals surface area contributed by atoms with Crippen molar-refractivity contribution in [2.24, 2.45) is 10.2 Å². The van der Waals surface area contributed by atoms with Gasteiger partial charge in [0.25, 0.3) is 0 Å². The highest BCUT2D eigenvalue weighted by atomic mass is 15.1. The van der Waals surface area contributed by atoms with Gasteiger partial charge in [-0.25, -0.2) is 0 Å². The van der Waals surface area contributed by atoms with Crippen molar-refractivity contribution < 1.29 is 0 Å². The molecule has 0 bridgehead atoms. The zero-order chi connectivity index (χ0) is 4.99. The van der Waals surface area contributed by atoms with Crippen LogP contribution >= 0.6 is 0 Å². The maximum atomic E-state index is 3.75. The number of hydrogen-bond donors (Lipinski definition) is 0. The molecule has 0 radical (unpaired) electrons. The molecule has 0 aliphatic carbocycles. The third kappa shape index (κ3) is 3.60. The van der Waals surface area contributed by atoms with E-state index in [4.69, 9.17) is 0 Å². The molecular weight excluding hydrogens is 76.1 g/mol. The van der Waals surface area contributed by atoms with Gasteiger partial charge in [-0.3, -0.25) is 0 Å². The van der Waals surface area contributed by atoms with Crippen LogP contribution in [0.15, 0.2) is 10.2 Å². The van der Waals surface area contributed by atoms with E-state index in [2.05, 4.69) is 10.2 Å². The molecule has 0 rings (SSSR count). The minimum atomic E-state index is 0.356. The Hall–Kier alpha value is -0.400. The summed E-state index contributed by atoms with van der Waals surface area (Å²) in [5.41, 5.74) is 0. The molecule has 6 heavy (non-hydrogen) atoms. The van der Waals surface area contributed by atoms with Crippen LogP contribution in [0.5, 0.6) is 0 Å². The molecule has 0 unspecified atom stereocenters. The SMILES string of the molecule is CN=NC(C)C. The van der Waals surface area contributed by atoms with Crippen molar-refractivity contribution in [3.63, 3.8) is 0 Å². The molecule has 0 spiro atoms. The topological polar surface area (TPSA) is 24.7 Å². The van der Waals surface area contributed by atoms with Crippen molar-refractivity contribution in [3.8, 4) is 0 Å². The minimum absolute atomic E-state index is 0.356. The molecule has 2 nitrogen and oxygen atoms in total. The first-order valence-corrected chi connectivity index (χ1v) is 2.06. The Morgan fingerprint density at radius 3 is 1.83 bits per heavy atom. The quantitative estimate of drug-likeness (QED) is 0.432. The number of nitrogens with zero attached hydrogens (tertiary/aromatic N) is 2. The van der Waals surface area contributed by atoms with Gasteiger partial charge in [0, 0.05) is 7.05 Å². The van der Waals surface area contributed by atoms with E-state index in [1.165, 1.54) is 0 Å². The molecule has 0 fully saturated rings. The van der Waals surface area contributed by atoms with Gasteiger partial charge in [0.2, 0.25) is 0 Å². The van der Waals surface area contributed by atoms with E-state index in [0.717, 1.165) is 0 Å². The summed E-state index contributed by atoms with van der Waals surface area (Å²) in [6.45, 7) is 3.99. The summed E-state index contributed by atoms with van der Waals surface area (Å²) in [7, 11) is 1.68. The predicted molar refractivity (Wildman–Crippen MR) is 25.9 cm³/mol. The maximum absolute atomic E-state index is 3.75. The van der Waals surface area contributed by atoms with Gasteiger partial charge in [0.05, 0.1) is 6.04 Å². The van der Waals surface area contributed by atoms with E-state index < -0.39 is 0 Å². The maximum Gasteiger partial charge on any atom is 0.0652 e. The fourth-order valence-corrected chi connectivity index (χ4v) is 0.231. The Morgan fingerprint density at radius 1 is 1.33 bits per heavy atom. The fraction of sp³-hybridized carbons (Fsp3) is 1.00. The molecular formula is C4H10N2. The Morgan fingerprint density at radius 2 is 1.83 bits per heavy atom. The molecule has 0 amide bonds. The van der Waals surface area contributed by atoms with E-state index in [9.17, 15) is 0 Å². The van der Waals surface area contributed by atoms with Gasteiger partial charge < -0.3 is 0 Å². The first-order chi connectivity index (χ1) is 2.77. The Labute approximate surface area is 38.3 Å². The monoisotopic (exact) mass is 86.1 g/mol. The van der Waals surface area contributed by atoms with Crippen molar-refractivity contribution in [1.29, 1.82) is 0 Å². The van der Waals surface area contributed by atoms with Gasteiger partial charge >= 0.3 is 0 Å². The molecule has 0 saturated carbocycles. The molecule has 0 N–H and O–H groups in total. The smallest absolute Gasteiger partial charge is 0.0652 e. The average Bonchev–Trinajstić information content (AvgIpc) is 1.35. The lowest BCUT2D eigenvalue weighted by atomic mass is 10.4. The van der Waals surface area contributed by atoms with Crippen LogP contribution in [0.2, 0.25) is 0 Å². The summed E-state index contributed by atoms with van der Waals surface area (Å²) >= 11 is 0. The summed E-state index contributed by atoms with van der Waals surface area (Å²) in [6.07, 6.45) is 0. The summed E-state index contributed by atoms with van der Waals surface area (Å²) in [5.74, 6) is 0. The predicted octanol–water partition coefficient (Wildman–Crippen LogP) is 1.48. The summed E-state index contributed by atoms with van der Waals surface area (Å²) in [4.78, 5) is 0. The lowest BCUT2D eigenvalue weighted by molar-refractivity contribution is 0.767. The summed E-state index contributed by atoms with van der Waals surface area (Å²) in [6, 6.07) is 0.356. The highest BCUT2D eigenvalue weighted by Crippen LogP contribution is 1.82. The van der Waals surface area contributed by atoms with Crippen LogP contribution in [0.3, 0.4) is 0 Å². The Balaban J connectivity index is 3.03. The molecule has 36 valence electrons. The zero-order valence-corrected chi connectivity index (χ0v) is 4.47. The Kier molecular flexibility index (Phi) is 2.63. The van der Waals surface area contributed by atoms with E-state index in [1.54, 1.807) is 7.05 Å². The normalized spacial score (nSPS) is 11.3. The van der Waals surface area contributed by atoms with Crippen LogP contribution in [0, 0.1) is 0 Å². The average molecular weight is 86.1 g/mol. The molecule has 0 aromatic rings. The highest BCUT2D eigenvalue weighted by molar-refractivity contribution is 4.41. The highest BCUT2D eigenvalue weighted by Gasteiger charge is 1.78. The van der Waals surface area contributed by atoms with Crippen molar-refractivity contribution in [1.82, 2.24) is 0 Å². The second kappa shape index (κ2) is 2.82. The third-order valence-corrected chi connectivity index (χ3v) is 0.346. The molecule has 0 atom stereocenters. The van der Waals surface area contributed by atoms with Gasteiger partial charge in [-0.05, 0) is 13.8 Å². The van der Waals surface area contributed by atoms with Crippen molar-refractivity contribution in [2.75, 3.05) is 7.05 Å². The van der Waals surface area contributed by atoms with Crippen LogP contribution in [-0.4, -0.2) is 13.1 Å². The van der Waals surface area contributed by atoms with E-state index >= 15 is 0 Å². The molecule has 0 saturated heterocycles. The Bertz CT molecular complexity index is 47.5. The van der Waals surface area contributed by atoms with Gasteiger partial charge in [0.1, 0.15) is 0 Å². The summed E-state index contributed by atoms with van der Waals surface area (Å²) in [5, 5.41) is 7.31. The van der Waals surface area contributed by atoms with Gasteiger partial charge in [-0.15, -0.1) is 0 Å². The van der Waals surface area contributed by atoms with E-state index in [1.807, 2.05) is 13.8 Å². The first kappa shape index (κ1) is 5.60. The first-order valence-electron chi connectivity index (χ1n) is 2.06. The molecule has 0 aromatic heterocycles. The number of hydrogen-bond acceptors (Lipinski definition) is 2. The summed E-state index contributed by atoms with van der Waals surface area (Å²) < 4.78 is 0. The zero-order valence-electron chi connectivity index (χ0n) is 4.47. The van der Waals surface area contributed by atoms with E-state index in [0.29, 0.717) is 6.04 Å². The number of rotatable bonds is 1. The molecule has 0 aliphatic rings. The van der Waals surface area contributed by atoms with Crippen molar-refractivity contribution in [2.45, 2.75) is 19.9 Å². The third-order valence-electron chi connectivity index (χ3n) is 0.346. The van der Waals surface area contributed by atoms with Gasteiger partial charge in [-0.1, -0.05) is 0 Å². The second-order valence-corrected chi connectivity index (χ2v) is 1.41. The molecule has 2 heteroatoms. The van der Waals surface area contributed by atoms with Crippen molar-refractivity contribution in [3.05, 3.63) is 0 Å². The molecule has 0 aromatic carbocycles. The molecule has 0 aliphatic heterocycles. The van der Waals surface area contributed by atoms with Gasteiger partial charge in [-0.2, -0.15) is 10.2 Å². The standard InChI is InChI=1S/C4H10N2/c1-4(2)6-5-3/h4H,1-3H3. The minimum Gasteiger partial charge on any atom is -0.197 e. The van der Waals surface area contributed by atoms with Crippen LogP contribution in [0.4, 0.5) is 0 Å². The van der Waals surface area contributed by atoms with Crippen LogP contribution < -0.4 is 0 Å². The van der Waals surface area contributed by atoms with Crippen LogP contribution in [-0.2, 0) is 0 Å². The number of azo groups is 1. The second-order valence-electron chi connectivity index (χ2n) is 1.41. The largest absolute Gasteiger partial charge is 0.197 e.